The molecule has 1 saturated heterocycles. The standard InChI is InChI=1S/C15H12ClNO3/c16-9-3-4-10(11(18)6-9)17-14(19)12-7-1-2-8(5-7)13(12)15(17)20/h1-4,6-8,12-13,18H,5H2/t7-,8-,12+,13+/m0/s1. The minimum Gasteiger partial charge on any atom is -0.506 e. The van der Waals surface area contributed by atoms with E-state index in [4.69, 9.17) is 11.6 Å². The maximum absolute atomic E-state index is 12.6. The highest BCUT2D eigenvalue weighted by molar-refractivity contribution is 6.31. The van der Waals surface area contributed by atoms with Gasteiger partial charge in [0.1, 0.15) is 5.75 Å². The van der Waals surface area contributed by atoms with E-state index in [1.807, 2.05) is 12.2 Å². The third kappa shape index (κ3) is 1.37. The second-order valence-electron chi connectivity index (χ2n) is 5.64. The summed E-state index contributed by atoms with van der Waals surface area (Å²) in [6.07, 6.45) is 4.98. The van der Waals surface area contributed by atoms with E-state index in [1.54, 1.807) is 6.07 Å². The summed E-state index contributed by atoms with van der Waals surface area (Å²) in [5, 5.41) is 10.3. The molecule has 5 heteroatoms. The van der Waals surface area contributed by atoms with E-state index in [1.165, 1.54) is 12.1 Å². The molecule has 1 aromatic rings. The van der Waals surface area contributed by atoms with Crippen LogP contribution in [0.4, 0.5) is 5.69 Å². The molecule has 1 aromatic carbocycles. The third-order valence-corrected chi connectivity index (χ3v) is 4.88. The molecular formula is C15H12ClNO3. The smallest absolute Gasteiger partial charge is 0.238 e. The number of halogens is 1. The maximum atomic E-state index is 12.6. The van der Waals surface area contributed by atoms with Crippen LogP contribution in [0.5, 0.6) is 5.75 Å². The Morgan fingerprint density at radius 2 is 1.70 bits per heavy atom. The van der Waals surface area contributed by atoms with Gasteiger partial charge >= 0.3 is 0 Å². The molecule has 3 aliphatic rings. The first-order valence-electron chi connectivity index (χ1n) is 6.62. The predicted molar refractivity (Wildman–Crippen MR) is 73.3 cm³/mol. The fraction of sp³-hybridized carbons (Fsp3) is 0.333. The molecular weight excluding hydrogens is 278 g/mol. The van der Waals surface area contributed by atoms with Gasteiger partial charge in [-0.05, 0) is 30.4 Å². The highest BCUT2D eigenvalue weighted by Gasteiger charge is 2.59. The molecule has 0 radical (unpaired) electrons. The van der Waals surface area contributed by atoms with Crippen molar-refractivity contribution in [2.24, 2.45) is 23.7 Å². The Bertz CT molecular complexity index is 639. The molecule has 20 heavy (non-hydrogen) atoms. The van der Waals surface area contributed by atoms with E-state index >= 15 is 0 Å². The van der Waals surface area contributed by atoms with Gasteiger partial charge in [-0.3, -0.25) is 9.59 Å². The Labute approximate surface area is 120 Å². The minimum atomic E-state index is -0.257. The number of hydrogen-bond donors (Lipinski definition) is 1. The van der Waals surface area contributed by atoms with Crippen LogP contribution in [-0.2, 0) is 9.59 Å². The van der Waals surface area contributed by atoms with Gasteiger partial charge in [0.25, 0.3) is 0 Å². The number of allylic oxidation sites excluding steroid dienone is 2. The number of phenols is 1. The summed E-state index contributed by atoms with van der Waals surface area (Å²) in [6, 6.07) is 4.43. The molecule has 4 atom stereocenters. The van der Waals surface area contributed by atoms with Crippen molar-refractivity contribution < 1.29 is 14.7 Å². The fourth-order valence-corrected chi connectivity index (χ4v) is 3.99. The van der Waals surface area contributed by atoms with Crippen LogP contribution in [0, 0.1) is 23.7 Å². The average molecular weight is 290 g/mol. The van der Waals surface area contributed by atoms with Crippen molar-refractivity contribution in [3.8, 4) is 5.75 Å². The lowest BCUT2D eigenvalue weighted by Gasteiger charge is -2.18. The van der Waals surface area contributed by atoms with Crippen LogP contribution < -0.4 is 4.90 Å². The topological polar surface area (TPSA) is 57.6 Å². The number of anilines is 1. The summed E-state index contributed by atoms with van der Waals surface area (Å²) in [4.78, 5) is 26.2. The van der Waals surface area contributed by atoms with E-state index in [0.29, 0.717) is 5.02 Å². The lowest BCUT2D eigenvalue weighted by molar-refractivity contribution is -0.123. The molecule has 2 fully saturated rings. The van der Waals surface area contributed by atoms with Crippen molar-refractivity contribution in [2.45, 2.75) is 6.42 Å². The molecule has 4 rings (SSSR count). The summed E-state index contributed by atoms with van der Waals surface area (Å²) in [7, 11) is 0. The molecule has 2 bridgehead atoms. The summed E-state index contributed by atoms with van der Waals surface area (Å²) in [6.45, 7) is 0. The SMILES string of the molecule is O=C1[C@H]2[C@H](C(=O)N1c1ccc(Cl)cc1O)[C@H]1C=C[C@H]2C1. The van der Waals surface area contributed by atoms with E-state index < -0.39 is 0 Å². The number of fused-ring (bicyclic) bond motifs is 5. The Morgan fingerprint density at radius 1 is 1.10 bits per heavy atom. The van der Waals surface area contributed by atoms with Gasteiger partial charge in [0, 0.05) is 11.1 Å². The highest BCUT2D eigenvalue weighted by Crippen LogP contribution is 2.53. The van der Waals surface area contributed by atoms with Crippen molar-refractivity contribution in [1.82, 2.24) is 0 Å². The predicted octanol–water partition coefficient (Wildman–Crippen LogP) is 2.36. The van der Waals surface area contributed by atoms with Crippen LogP contribution in [0.15, 0.2) is 30.4 Å². The number of benzene rings is 1. The van der Waals surface area contributed by atoms with Crippen LogP contribution in [0.1, 0.15) is 6.42 Å². The summed E-state index contributed by atoms with van der Waals surface area (Å²) < 4.78 is 0. The number of rotatable bonds is 1. The summed E-state index contributed by atoms with van der Waals surface area (Å²) in [5.74, 6) is -0.717. The Balaban J connectivity index is 1.78. The number of hydrogen-bond acceptors (Lipinski definition) is 3. The van der Waals surface area contributed by atoms with Gasteiger partial charge in [-0.25, -0.2) is 4.90 Å². The van der Waals surface area contributed by atoms with Crippen molar-refractivity contribution in [3.05, 3.63) is 35.4 Å². The van der Waals surface area contributed by atoms with Gasteiger partial charge < -0.3 is 5.11 Å². The van der Waals surface area contributed by atoms with Crippen molar-refractivity contribution in [2.75, 3.05) is 4.90 Å². The second kappa shape index (κ2) is 3.85. The number of phenolic OH excluding ortho intramolecular Hbond substituents is 1. The molecule has 2 amide bonds. The first-order chi connectivity index (χ1) is 9.58. The number of nitrogens with zero attached hydrogens (tertiary/aromatic N) is 1. The van der Waals surface area contributed by atoms with E-state index in [0.717, 1.165) is 11.3 Å². The van der Waals surface area contributed by atoms with Crippen LogP contribution in [0.2, 0.25) is 5.02 Å². The molecule has 1 aliphatic heterocycles. The summed E-state index contributed by atoms with van der Waals surface area (Å²) >= 11 is 5.79. The molecule has 1 saturated carbocycles. The van der Waals surface area contributed by atoms with Gasteiger partial charge in [-0.2, -0.15) is 0 Å². The van der Waals surface area contributed by atoms with Crippen LogP contribution in [0.3, 0.4) is 0 Å². The number of carbonyl (C=O) groups is 2. The van der Waals surface area contributed by atoms with Gasteiger partial charge in [0.05, 0.1) is 17.5 Å². The second-order valence-corrected chi connectivity index (χ2v) is 6.08. The molecule has 0 spiro atoms. The van der Waals surface area contributed by atoms with Crippen LogP contribution in [-0.4, -0.2) is 16.9 Å². The minimum absolute atomic E-state index is 0.139. The molecule has 2 aliphatic carbocycles. The zero-order valence-electron chi connectivity index (χ0n) is 10.5. The zero-order valence-corrected chi connectivity index (χ0v) is 11.2. The molecule has 4 nitrogen and oxygen atoms in total. The average Bonchev–Trinajstić information content (AvgIpc) is 3.06. The van der Waals surface area contributed by atoms with Crippen LogP contribution >= 0.6 is 11.6 Å². The molecule has 0 aromatic heterocycles. The molecule has 102 valence electrons. The normalized spacial score (nSPS) is 34.1. The largest absolute Gasteiger partial charge is 0.506 e. The van der Waals surface area contributed by atoms with Crippen LogP contribution in [0.25, 0.3) is 0 Å². The number of aromatic hydroxyl groups is 1. The van der Waals surface area contributed by atoms with Gasteiger partial charge in [-0.1, -0.05) is 23.8 Å². The lowest BCUT2D eigenvalue weighted by Crippen LogP contribution is -2.32. The maximum Gasteiger partial charge on any atom is 0.238 e. The lowest BCUT2D eigenvalue weighted by atomic mass is 9.85. The van der Waals surface area contributed by atoms with E-state index in [-0.39, 0.29) is 46.9 Å². The van der Waals surface area contributed by atoms with Crippen molar-refractivity contribution >= 4 is 29.1 Å². The van der Waals surface area contributed by atoms with Gasteiger partial charge in [0.15, 0.2) is 0 Å². The zero-order chi connectivity index (χ0) is 14.0. The Hall–Kier alpha value is -1.81. The number of carbonyl (C=O) groups excluding carboxylic acids is 2. The first kappa shape index (κ1) is 12.0. The third-order valence-electron chi connectivity index (χ3n) is 4.65. The highest BCUT2D eigenvalue weighted by atomic mass is 35.5. The number of amides is 2. The van der Waals surface area contributed by atoms with E-state index in [9.17, 15) is 14.7 Å². The molecule has 1 heterocycles. The first-order valence-corrected chi connectivity index (χ1v) is 7.00. The van der Waals surface area contributed by atoms with Gasteiger partial charge in [0.2, 0.25) is 11.8 Å². The quantitative estimate of drug-likeness (QED) is 0.638. The van der Waals surface area contributed by atoms with Crippen molar-refractivity contribution in [1.29, 1.82) is 0 Å². The Morgan fingerprint density at radius 3 is 2.25 bits per heavy atom. The molecule has 1 N–H and O–H groups in total. The van der Waals surface area contributed by atoms with Crippen molar-refractivity contribution in [3.63, 3.8) is 0 Å². The fourth-order valence-electron chi connectivity index (χ4n) is 3.83. The van der Waals surface area contributed by atoms with E-state index in [2.05, 4.69) is 0 Å². The van der Waals surface area contributed by atoms with Gasteiger partial charge in [-0.15, -0.1) is 0 Å². The molecule has 0 unspecified atom stereocenters. The monoisotopic (exact) mass is 289 g/mol. The summed E-state index contributed by atoms with van der Waals surface area (Å²) in [5.41, 5.74) is 0.234. The Kier molecular flexibility index (Phi) is 2.31. The number of imide groups is 1.